The lowest BCUT2D eigenvalue weighted by molar-refractivity contribution is -0.178. The second kappa shape index (κ2) is 9.87. The molecule has 3 aromatic rings. The van der Waals surface area contributed by atoms with Crippen molar-refractivity contribution in [3.05, 3.63) is 64.6 Å². The van der Waals surface area contributed by atoms with Gasteiger partial charge in [-0.05, 0) is 18.2 Å². The quantitative estimate of drug-likeness (QED) is 0.271. The highest BCUT2D eigenvalue weighted by molar-refractivity contribution is 8.00. The minimum absolute atomic E-state index is 0.0512. The van der Waals surface area contributed by atoms with Crippen LogP contribution in [0.1, 0.15) is 6.04 Å². The lowest BCUT2D eigenvalue weighted by Gasteiger charge is -2.41. The Hall–Kier alpha value is -2.73. The summed E-state index contributed by atoms with van der Waals surface area (Å²) in [7, 11) is 0. The summed E-state index contributed by atoms with van der Waals surface area (Å²) in [6, 6.07) is 1.68. The molecule has 4 rings (SSSR count). The SMILES string of the molecule is [C-]#[N+]c1cnc(Cl)cc1S[C@H]1OC(CO)[C@H](O)[C@H](n2cc(-c3cc(F)c(F)c(F)c3)nn2)C1O. The van der Waals surface area contributed by atoms with Gasteiger partial charge in [-0.3, -0.25) is 4.98 Å². The number of thioether (sulfide) groups is 1. The number of ether oxygens (including phenoxy) is 1. The summed E-state index contributed by atoms with van der Waals surface area (Å²) in [6.45, 7) is 6.67. The number of aromatic nitrogens is 4. The molecule has 0 aliphatic carbocycles. The maximum atomic E-state index is 13.6. The van der Waals surface area contributed by atoms with E-state index < -0.39 is 53.8 Å². The molecule has 0 radical (unpaired) electrons. The van der Waals surface area contributed by atoms with Crippen LogP contribution < -0.4 is 0 Å². The second-order valence-electron chi connectivity index (χ2n) is 7.24. The summed E-state index contributed by atoms with van der Waals surface area (Å²) < 4.78 is 47.2. The highest BCUT2D eigenvalue weighted by atomic mass is 35.5. The van der Waals surface area contributed by atoms with E-state index in [1.165, 1.54) is 18.5 Å². The fourth-order valence-corrected chi connectivity index (χ4v) is 4.82. The van der Waals surface area contributed by atoms with Crippen molar-refractivity contribution in [2.45, 2.75) is 34.7 Å². The van der Waals surface area contributed by atoms with Gasteiger partial charge in [-0.15, -0.1) is 16.9 Å². The summed E-state index contributed by atoms with van der Waals surface area (Å²) in [5.74, 6) is -4.47. The van der Waals surface area contributed by atoms with Gasteiger partial charge in [0.1, 0.15) is 40.6 Å². The van der Waals surface area contributed by atoms with Crippen molar-refractivity contribution in [2.75, 3.05) is 6.61 Å². The van der Waals surface area contributed by atoms with Gasteiger partial charge < -0.3 is 20.1 Å². The lowest BCUT2D eigenvalue weighted by atomic mass is 9.97. The number of hydrogen-bond donors (Lipinski definition) is 3. The van der Waals surface area contributed by atoms with Crippen molar-refractivity contribution >= 4 is 29.1 Å². The van der Waals surface area contributed by atoms with Gasteiger partial charge in [0.15, 0.2) is 17.5 Å². The topological polar surface area (TPSA) is 118 Å². The molecule has 3 N–H and O–H groups in total. The first-order valence-corrected chi connectivity index (χ1v) is 10.9. The molecule has 1 fully saturated rings. The average Bonchev–Trinajstić information content (AvgIpc) is 3.29. The van der Waals surface area contributed by atoms with Gasteiger partial charge in [-0.25, -0.2) is 22.7 Å². The summed E-state index contributed by atoms with van der Waals surface area (Å²) in [5.41, 5.74) is -1.10. The number of hydrogen-bond acceptors (Lipinski definition) is 8. The van der Waals surface area contributed by atoms with E-state index in [2.05, 4.69) is 20.1 Å². The summed E-state index contributed by atoms with van der Waals surface area (Å²) in [5, 5.41) is 39.1. The minimum atomic E-state index is -1.63. The Bertz CT molecular complexity index is 1240. The van der Waals surface area contributed by atoms with Crippen LogP contribution in [0.5, 0.6) is 0 Å². The van der Waals surface area contributed by atoms with Crippen LogP contribution in [0.4, 0.5) is 18.9 Å². The van der Waals surface area contributed by atoms with Gasteiger partial charge in [0.2, 0.25) is 5.69 Å². The van der Waals surface area contributed by atoms with Crippen molar-refractivity contribution in [3.8, 4) is 11.3 Å². The third kappa shape index (κ3) is 4.61. The number of aliphatic hydroxyl groups is 3. The van der Waals surface area contributed by atoms with E-state index in [0.717, 1.165) is 28.6 Å². The Kier molecular flexibility index (Phi) is 7.08. The predicted octanol–water partition coefficient (Wildman–Crippen LogP) is 2.73. The van der Waals surface area contributed by atoms with Gasteiger partial charge in [0.05, 0.1) is 19.4 Å². The summed E-state index contributed by atoms with van der Waals surface area (Å²) in [4.78, 5) is 7.53. The number of benzene rings is 1. The van der Waals surface area contributed by atoms with Crippen LogP contribution in [0, 0.1) is 24.0 Å². The molecule has 0 saturated carbocycles. The Morgan fingerprint density at radius 1 is 1.18 bits per heavy atom. The normalized spacial score (nSPS) is 24.7. The van der Waals surface area contributed by atoms with Crippen molar-refractivity contribution in [2.24, 2.45) is 0 Å². The highest BCUT2D eigenvalue weighted by Gasteiger charge is 2.46. The fraction of sp³-hybridized carbons (Fsp3) is 0.300. The number of pyridine rings is 1. The molecule has 1 aliphatic heterocycles. The molecular weight excluding hydrogens is 499 g/mol. The lowest BCUT2D eigenvalue weighted by Crippen LogP contribution is -2.55. The molecule has 5 atom stereocenters. The van der Waals surface area contributed by atoms with Crippen LogP contribution >= 0.6 is 23.4 Å². The summed E-state index contributed by atoms with van der Waals surface area (Å²) in [6.07, 6.45) is -1.57. The highest BCUT2D eigenvalue weighted by Crippen LogP contribution is 2.41. The molecule has 14 heteroatoms. The molecule has 0 bridgehead atoms. The van der Waals surface area contributed by atoms with Crippen LogP contribution in [-0.2, 0) is 4.74 Å². The molecule has 178 valence electrons. The van der Waals surface area contributed by atoms with Crippen LogP contribution in [0.25, 0.3) is 16.1 Å². The first-order valence-electron chi connectivity index (χ1n) is 9.62. The Labute approximate surface area is 199 Å². The zero-order valence-corrected chi connectivity index (χ0v) is 18.5. The third-order valence-electron chi connectivity index (χ3n) is 5.12. The molecule has 0 spiro atoms. The second-order valence-corrected chi connectivity index (χ2v) is 8.77. The summed E-state index contributed by atoms with van der Waals surface area (Å²) >= 11 is 6.85. The Morgan fingerprint density at radius 2 is 1.88 bits per heavy atom. The van der Waals surface area contributed by atoms with Crippen LogP contribution in [-0.4, -0.2) is 65.7 Å². The largest absolute Gasteiger partial charge is 0.394 e. The van der Waals surface area contributed by atoms with Crippen molar-refractivity contribution in [3.63, 3.8) is 0 Å². The van der Waals surface area contributed by atoms with E-state index in [1.807, 2.05) is 0 Å². The first-order chi connectivity index (χ1) is 16.2. The van der Waals surface area contributed by atoms with E-state index in [9.17, 15) is 28.5 Å². The van der Waals surface area contributed by atoms with Gasteiger partial charge in [-0.2, -0.15) is 0 Å². The molecule has 3 heterocycles. The molecule has 2 unspecified atom stereocenters. The molecule has 0 amide bonds. The number of rotatable bonds is 5. The van der Waals surface area contributed by atoms with E-state index in [-0.39, 0.29) is 22.1 Å². The van der Waals surface area contributed by atoms with Gasteiger partial charge in [-0.1, -0.05) is 16.8 Å². The van der Waals surface area contributed by atoms with E-state index in [1.54, 1.807) is 0 Å². The Balaban J connectivity index is 1.66. The Morgan fingerprint density at radius 3 is 2.53 bits per heavy atom. The first kappa shape index (κ1) is 24.4. The number of halogens is 4. The van der Waals surface area contributed by atoms with E-state index in [0.29, 0.717) is 4.90 Å². The van der Waals surface area contributed by atoms with Gasteiger partial charge in [0.25, 0.3) is 0 Å². The maximum absolute atomic E-state index is 13.6. The van der Waals surface area contributed by atoms with Crippen LogP contribution in [0.15, 0.2) is 35.5 Å². The third-order valence-corrected chi connectivity index (χ3v) is 6.53. The van der Waals surface area contributed by atoms with Gasteiger partial charge in [0, 0.05) is 16.7 Å². The standard InChI is InChI=1S/C20H15ClF3N5O4S/c1-25-11-5-26-15(21)4-14(11)34-20-19(32)17(18(31)13(7-30)33-20)29-6-12(27-28-29)8-2-9(22)16(24)10(23)3-8/h2-6,13,17-20,30-32H,7H2/t13?,17-,18-,19?,20+/m0/s1. The maximum Gasteiger partial charge on any atom is 0.218 e. The van der Waals surface area contributed by atoms with Crippen molar-refractivity contribution in [1.82, 2.24) is 20.0 Å². The molecule has 9 nitrogen and oxygen atoms in total. The van der Waals surface area contributed by atoms with Crippen LogP contribution in [0.2, 0.25) is 5.15 Å². The van der Waals surface area contributed by atoms with Gasteiger partial charge >= 0.3 is 0 Å². The smallest absolute Gasteiger partial charge is 0.218 e. The minimum Gasteiger partial charge on any atom is -0.394 e. The monoisotopic (exact) mass is 513 g/mol. The number of nitrogens with zero attached hydrogens (tertiary/aromatic N) is 5. The predicted molar refractivity (Wildman–Crippen MR) is 113 cm³/mol. The zero-order valence-electron chi connectivity index (χ0n) is 16.9. The van der Waals surface area contributed by atoms with E-state index in [4.69, 9.17) is 22.9 Å². The average molecular weight is 514 g/mol. The molecule has 1 aliphatic rings. The fourth-order valence-electron chi connectivity index (χ4n) is 3.45. The molecular formula is C20H15ClF3N5O4S. The molecule has 1 aromatic carbocycles. The number of aliphatic hydroxyl groups excluding tert-OH is 3. The van der Waals surface area contributed by atoms with Crippen molar-refractivity contribution < 1.29 is 33.2 Å². The molecule has 1 saturated heterocycles. The molecule has 34 heavy (non-hydrogen) atoms. The van der Waals surface area contributed by atoms with E-state index >= 15 is 0 Å². The van der Waals surface area contributed by atoms with Crippen LogP contribution in [0.3, 0.4) is 0 Å². The molecule has 2 aromatic heterocycles. The van der Waals surface area contributed by atoms with Crippen molar-refractivity contribution in [1.29, 1.82) is 0 Å². The zero-order chi connectivity index (χ0) is 24.6.